The molecular formula is C37H48F6O. The van der Waals surface area contributed by atoms with E-state index >= 15 is 4.39 Å². The Morgan fingerprint density at radius 1 is 0.727 bits per heavy atom. The summed E-state index contributed by atoms with van der Waals surface area (Å²) in [5.41, 5.74) is 1.15. The number of hydrogen-bond donors (Lipinski definition) is 0. The zero-order chi connectivity index (χ0) is 31.3. The second-order valence-corrected chi connectivity index (χ2v) is 13.9. The zero-order valence-electron chi connectivity index (χ0n) is 26.0. The maximum absolute atomic E-state index is 15.4. The molecule has 0 bridgehead atoms. The molecule has 0 aromatic heterocycles. The molecule has 0 radical (unpaired) electrons. The molecule has 0 N–H and O–H groups in total. The first-order valence-corrected chi connectivity index (χ1v) is 17.1. The molecule has 244 valence electrons. The zero-order valence-corrected chi connectivity index (χ0v) is 26.0. The highest BCUT2D eigenvalue weighted by molar-refractivity contribution is 5.31. The van der Waals surface area contributed by atoms with Crippen LogP contribution in [0.5, 0.6) is 5.75 Å². The maximum Gasteiger partial charge on any atom is 0.400 e. The summed E-state index contributed by atoms with van der Waals surface area (Å²) in [6.45, 7) is 2.25. The third kappa shape index (κ3) is 8.15. The first kappa shape index (κ1) is 33.2. The van der Waals surface area contributed by atoms with E-state index in [4.69, 9.17) is 4.74 Å². The molecule has 7 heteroatoms. The molecule has 2 aromatic carbocycles. The van der Waals surface area contributed by atoms with Gasteiger partial charge in [-0.2, -0.15) is 8.78 Å². The molecule has 0 amide bonds. The number of unbranched alkanes of at least 4 members (excludes halogenated alkanes) is 2. The van der Waals surface area contributed by atoms with Gasteiger partial charge >= 0.3 is 6.11 Å². The molecule has 0 spiro atoms. The van der Waals surface area contributed by atoms with E-state index in [0.717, 1.165) is 67.7 Å². The minimum absolute atomic E-state index is 0.0671. The molecule has 3 fully saturated rings. The van der Waals surface area contributed by atoms with Gasteiger partial charge < -0.3 is 4.74 Å². The Morgan fingerprint density at radius 2 is 1.36 bits per heavy atom. The van der Waals surface area contributed by atoms with Gasteiger partial charge in [0.2, 0.25) is 0 Å². The maximum atomic E-state index is 15.4. The fourth-order valence-electron chi connectivity index (χ4n) is 8.41. The summed E-state index contributed by atoms with van der Waals surface area (Å²) in [7, 11) is 0. The van der Waals surface area contributed by atoms with Gasteiger partial charge in [0.25, 0.3) is 6.43 Å². The van der Waals surface area contributed by atoms with Gasteiger partial charge in [-0.05, 0) is 136 Å². The highest BCUT2D eigenvalue weighted by atomic mass is 19.3. The van der Waals surface area contributed by atoms with Gasteiger partial charge in [0.15, 0.2) is 0 Å². The Labute approximate surface area is 259 Å². The molecule has 1 nitrogen and oxygen atoms in total. The van der Waals surface area contributed by atoms with Crippen LogP contribution in [0.3, 0.4) is 0 Å². The van der Waals surface area contributed by atoms with Crippen LogP contribution in [0, 0.1) is 35.3 Å². The van der Waals surface area contributed by atoms with Crippen molar-refractivity contribution < 1.29 is 31.1 Å². The van der Waals surface area contributed by atoms with Crippen molar-refractivity contribution in [2.45, 2.75) is 134 Å². The summed E-state index contributed by atoms with van der Waals surface area (Å²) in [6, 6.07) is 8.37. The molecule has 0 heterocycles. The highest BCUT2D eigenvalue weighted by Gasteiger charge is 2.45. The van der Waals surface area contributed by atoms with Crippen LogP contribution in [0.25, 0.3) is 0 Å². The van der Waals surface area contributed by atoms with E-state index < -0.39 is 35.6 Å². The summed E-state index contributed by atoms with van der Waals surface area (Å²) < 4.78 is 89.5. The number of alkyl halides is 4. The average Bonchev–Trinajstić information content (AvgIpc) is 3.01. The van der Waals surface area contributed by atoms with E-state index in [2.05, 4.69) is 13.0 Å². The predicted molar refractivity (Wildman–Crippen MR) is 162 cm³/mol. The first-order chi connectivity index (χ1) is 21.1. The van der Waals surface area contributed by atoms with Gasteiger partial charge in [-0.25, -0.2) is 17.6 Å². The van der Waals surface area contributed by atoms with E-state index in [9.17, 15) is 22.0 Å². The lowest BCUT2D eigenvalue weighted by Gasteiger charge is -2.39. The number of hydrogen-bond acceptors (Lipinski definition) is 1. The second-order valence-electron chi connectivity index (χ2n) is 13.9. The third-order valence-electron chi connectivity index (χ3n) is 11.1. The normalized spacial score (nSPS) is 28.3. The molecular weight excluding hydrogens is 574 g/mol. The van der Waals surface area contributed by atoms with Crippen molar-refractivity contribution in [3.8, 4) is 5.75 Å². The van der Waals surface area contributed by atoms with Gasteiger partial charge in [-0.3, -0.25) is 0 Å². The van der Waals surface area contributed by atoms with Crippen molar-refractivity contribution in [2.75, 3.05) is 0 Å². The van der Waals surface area contributed by atoms with Crippen molar-refractivity contribution in [1.82, 2.24) is 0 Å². The van der Waals surface area contributed by atoms with Crippen molar-refractivity contribution >= 4 is 0 Å². The van der Waals surface area contributed by atoms with E-state index in [-0.39, 0.29) is 11.7 Å². The fourth-order valence-corrected chi connectivity index (χ4v) is 8.41. The number of ether oxygens (including phenoxy) is 1. The lowest BCUT2D eigenvalue weighted by atomic mass is 9.68. The van der Waals surface area contributed by atoms with Gasteiger partial charge in [-0.1, -0.05) is 44.7 Å². The Hall–Kier alpha value is -2.18. The van der Waals surface area contributed by atoms with Gasteiger partial charge in [0, 0.05) is 6.07 Å². The van der Waals surface area contributed by atoms with E-state index in [0.29, 0.717) is 49.5 Å². The van der Waals surface area contributed by atoms with Crippen molar-refractivity contribution in [3.05, 3.63) is 64.7 Å². The molecule has 3 aliphatic rings. The first-order valence-electron chi connectivity index (χ1n) is 17.1. The molecule has 2 aromatic rings. The van der Waals surface area contributed by atoms with E-state index in [1.165, 1.54) is 38.5 Å². The van der Waals surface area contributed by atoms with Crippen LogP contribution in [0.2, 0.25) is 0 Å². The SMILES string of the molecule is CCCCCC1CCC(c2ccc(C3CCC(C4CCC(C(F)(F)Oc5ccc(C(F)F)c(F)c5)CC4)CC3)c(F)c2)CC1. The topological polar surface area (TPSA) is 9.23 Å². The molecule has 3 saturated carbocycles. The summed E-state index contributed by atoms with van der Waals surface area (Å²) in [5.74, 6) is -0.441. The number of halogens is 6. The lowest BCUT2D eigenvalue weighted by molar-refractivity contribution is -0.224. The summed E-state index contributed by atoms with van der Waals surface area (Å²) >= 11 is 0. The van der Waals surface area contributed by atoms with Crippen LogP contribution >= 0.6 is 0 Å². The van der Waals surface area contributed by atoms with Crippen molar-refractivity contribution in [1.29, 1.82) is 0 Å². The monoisotopic (exact) mass is 622 g/mol. The van der Waals surface area contributed by atoms with Gasteiger partial charge in [0.05, 0.1) is 11.5 Å². The third-order valence-corrected chi connectivity index (χ3v) is 11.1. The Kier molecular flexibility index (Phi) is 11.3. The smallest absolute Gasteiger partial charge is 0.400 e. The quantitative estimate of drug-likeness (QED) is 0.179. The minimum atomic E-state index is -3.50. The van der Waals surface area contributed by atoms with Crippen LogP contribution in [-0.2, 0) is 0 Å². The lowest BCUT2D eigenvalue weighted by Crippen LogP contribution is -2.38. The second kappa shape index (κ2) is 14.9. The summed E-state index contributed by atoms with van der Waals surface area (Å²) in [5, 5.41) is 0. The summed E-state index contributed by atoms with van der Waals surface area (Å²) in [4.78, 5) is 0. The van der Waals surface area contributed by atoms with Crippen LogP contribution in [0.4, 0.5) is 26.3 Å². The van der Waals surface area contributed by atoms with Crippen LogP contribution in [0.15, 0.2) is 36.4 Å². The molecule has 0 aliphatic heterocycles. The Bertz CT molecular complexity index is 1190. The minimum Gasteiger partial charge on any atom is -0.432 e. The average molecular weight is 623 g/mol. The molecule has 44 heavy (non-hydrogen) atoms. The summed E-state index contributed by atoms with van der Waals surface area (Å²) in [6.07, 6.45) is 9.29. The number of benzene rings is 2. The Balaban J connectivity index is 1.07. The standard InChI is InChI=1S/C37H48F6O/c1-2-3-4-5-24-6-8-27(9-7-24)29-16-20-32(34(38)22-29)28-12-10-25(11-13-28)26-14-17-30(18-15-26)37(42,43)44-31-19-21-33(36(40)41)35(39)23-31/h16,19-28,30,36H,2-15,17-18H2,1H3. The largest absolute Gasteiger partial charge is 0.432 e. The highest BCUT2D eigenvalue weighted by Crippen LogP contribution is 2.48. The predicted octanol–water partition coefficient (Wildman–Crippen LogP) is 12.5. The molecule has 3 aliphatic carbocycles. The van der Waals surface area contributed by atoms with Crippen molar-refractivity contribution in [3.63, 3.8) is 0 Å². The van der Waals surface area contributed by atoms with Crippen LogP contribution < -0.4 is 4.74 Å². The molecule has 0 saturated heterocycles. The van der Waals surface area contributed by atoms with Crippen molar-refractivity contribution in [2.24, 2.45) is 23.7 Å². The molecule has 0 atom stereocenters. The van der Waals surface area contributed by atoms with Crippen LogP contribution in [-0.4, -0.2) is 6.11 Å². The van der Waals surface area contributed by atoms with Gasteiger partial charge in [-0.15, -0.1) is 0 Å². The molecule has 5 rings (SSSR count). The number of rotatable bonds is 11. The Morgan fingerprint density at radius 3 is 1.95 bits per heavy atom. The van der Waals surface area contributed by atoms with Gasteiger partial charge in [0.1, 0.15) is 17.4 Å². The van der Waals surface area contributed by atoms with Crippen LogP contribution in [0.1, 0.15) is 145 Å². The van der Waals surface area contributed by atoms with E-state index in [1.807, 2.05) is 6.07 Å². The fraction of sp³-hybridized carbons (Fsp3) is 0.676. The van der Waals surface area contributed by atoms with E-state index in [1.54, 1.807) is 6.07 Å². The molecule has 0 unspecified atom stereocenters.